The van der Waals surface area contributed by atoms with Gasteiger partial charge in [0.15, 0.2) is 5.72 Å². The molecule has 244 valence electrons. The summed E-state index contributed by atoms with van der Waals surface area (Å²) in [5.41, 5.74) is -0.923. The molecular weight excluding hydrogens is 627 g/mol. The first-order valence-electron chi connectivity index (χ1n) is 15.6. The highest BCUT2D eigenvalue weighted by molar-refractivity contribution is 6.34. The van der Waals surface area contributed by atoms with E-state index in [9.17, 15) is 29.1 Å². The Hall–Kier alpha value is -3.25. The summed E-state index contributed by atoms with van der Waals surface area (Å²) >= 11 is 12.7. The standard InChI is InChI=1S/C31H38Cl2N4O8/c1-30(2)37(29(43)45-30)23-9-7-5-3-4-6-8-17-13-31(17,27(40)41)34-25(38)24-12-18(14-36(24)26(23)39)44-28(42)35-15-19-20(16-35)22(33)11-10-21(19)32/h10-11,17-18,23-24H,3-9,12-16H2,1-2H3,(H,34,38)(H,40,41)/t17-,18-,23+,24+,31-/m1/s1. The fourth-order valence-electron chi connectivity index (χ4n) is 7.39. The molecule has 1 saturated carbocycles. The van der Waals surface area contributed by atoms with Crippen LogP contribution in [0.15, 0.2) is 12.1 Å². The van der Waals surface area contributed by atoms with Crippen LogP contribution in [-0.2, 0) is 36.9 Å². The molecule has 45 heavy (non-hydrogen) atoms. The number of nitrogens with one attached hydrogen (secondary N) is 1. The number of aliphatic carboxylic acids is 1. The third-order valence-corrected chi connectivity index (χ3v) is 10.7. The van der Waals surface area contributed by atoms with Gasteiger partial charge in [-0.2, -0.15) is 0 Å². The number of benzene rings is 1. The number of fused-ring (bicyclic) bond motifs is 3. The minimum atomic E-state index is -1.39. The van der Waals surface area contributed by atoms with Gasteiger partial charge < -0.3 is 24.8 Å². The van der Waals surface area contributed by atoms with Crippen molar-refractivity contribution in [3.8, 4) is 0 Å². The van der Waals surface area contributed by atoms with Gasteiger partial charge >= 0.3 is 18.2 Å². The molecule has 0 unspecified atom stereocenters. The molecule has 14 heteroatoms. The van der Waals surface area contributed by atoms with Crippen molar-refractivity contribution in [3.63, 3.8) is 0 Å². The lowest BCUT2D eigenvalue weighted by atomic mass is 10.00. The third kappa shape index (κ3) is 5.80. The van der Waals surface area contributed by atoms with Crippen LogP contribution in [0, 0.1) is 5.92 Å². The van der Waals surface area contributed by atoms with E-state index in [-0.39, 0.29) is 32.0 Å². The van der Waals surface area contributed by atoms with E-state index in [0.29, 0.717) is 35.7 Å². The molecule has 5 atom stereocenters. The van der Waals surface area contributed by atoms with E-state index in [0.717, 1.165) is 36.8 Å². The third-order valence-electron chi connectivity index (χ3n) is 9.96. The minimum absolute atomic E-state index is 0.0213. The molecular formula is C31H38Cl2N4O8. The number of hydrogen-bond donors (Lipinski definition) is 2. The summed E-state index contributed by atoms with van der Waals surface area (Å²) in [6.07, 6.45) is 3.45. The molecule has 1 aromatic rings. The Bertz CT molecular complexity index is 1410. The summed E-state index contributed by atoms with van der Waals surface area (Å²) in [6.45, 7) is 3.71. The van der Waals surface area contributed by atoms with Crippen LogP contribution < -0.4 is 5.32 Å². The van der Waals surface area contributed by atoms with Crippen LogP contribution in [0.5, 0.6) is 0 Å². The molecule has 4 amide bonds. The van der Waals surface area contributed by atoms with Crippen LogP contribution in [0.1, 0.15) is 82.8 Å². The number of carbonyl (C=O) groups excluding carboxylic acids is 4. The Morgan fingerprint density at radius 2 is 1.60 bits per heavy atom. The lowest BCUT2D eigenvalue weighted by Gasteiger charge is -2.50. The number of carboxylic acid groups (broad SMARTS) is 1. The molecule has 1 aliphatic carbocycles. The Labute approximate surface area is 271 Å². The van der Waals surface area contributed by atoms with Crippen molar-refractivity contribution in [2.75, 3.05) is 6.54 Å². The normalized spacial score (nSPS) is 31.4. The average Bonchev–Trinajstić information content (AvgIpc) is 3.29. The Balaban J connectivity index is 1.25. The molecule has 0 spiro atoms. The maximum Gasteiger partial charge on any atom is 0.415 e. The van der Waals surface area contributed by atoms with Crippen LogP contribution in [0.2, 0.25) is 10.0 Å². The van der Waals surface area contributed by atoms with Gasteiger partial charge in [0.1, 0.15) is 23.7 Å². The van der Waals surface area contributed by atoms with Crippen molar-refractivity contribution in [1.29, 1.82) is 0 Å². The Kier molecular flexibility index (Phi) is 8.34. The van der Waals surface area contributed by atoms with Gasteiger partial charge in [0, 0.05) is 16.5 Å². The SMILES string of the molecule is CC1(C)OC(=O)N1[C@H]1CCCCCCC[C@@H]2C[C@@]2(C(=O)O)NC(=O)[C@@H]2C[C@@H](OC(=O)N3Cc4c(Cl)ccc(Cl)c4C3)CN2C1=O. The molecule has 6 rings (SSSR count). The van der Waals surface area contributed by atoms with Gasteiger partial charge in [-0.15, -0.1) is 0 Å². The van der Waals surface area contributed by atoms with Crippen LogP contribution in [0.4, 0.5) is 9.59 Å². The first-order chi connectivity index (χ1) is 21.3. The fourth-order valence-corrected chi connectivity index (χ4v) is 7.87. The maximum absolute atomic E-state index is 14.3. The molecule has 0 bridgehead atoms. The van der Waals surface area contributed by atoms with Crippen molar-refractivity contribution in [3.05, 3.63) is 33.3 Å². The summed E-state index contributed by atoms with van der Waals surface area (Å²) in [5, 5.41) is 13.8. The molecule has 5 aliphatic rings. The summed E-state index contributed by atoms with van der Waals surface area (Å²) < 4.78 is 11.2. The lowest BCUT2D eigenvalue weighted by Crippen LogP contribution is -2.69. The highest BCUT2D eigenvalue weighted by atomic mass is 35.5. The topological polar surface area (TPSA) is 146 Å². The smallest absolute Gasteiger partial charge is 0.415 e. The van der Waals surface area contributed by atoms with Crippen molar-refractivity contribution < 1.29 is 38.6 Å². The van der Waals surface area contributed by atoms with Crippen LogP contribution in [0.25, 0.3) is 0 Å². The number of cyclic esters (lactones) is 1. The second-order valence-electron chi connectivity index (χ2n) is 13.3. The lowest BCUT2D eigenvalue weighted by molar-refractivity contribution is -0.189. The number of carboxylic acids is 1. The largest absolute Gasteiger partial charge is 0.479 e. The van der Waals surface area contributed by atoms with E-state index < -0.39 is 59.4 Å². The summed E-state index contributed by atoms with van der Waals surface area (Å²) in [4.78, 5) is 70.7. The molecule has 0 radical (unpaired) electrons. The molecule has 4 fully saturated rings. The Morgan fingerprint density at radius 1 is 0.978 bits per heavy atom. The predicted molar refractivity (Wildman–Crippen MR) is 161 cm³/mol. The predicted octanol–water partition coefficient (Wildman–Crippen LogP) is 4.68. The van der Waals surface area contributed by atoms with Gasteiger partial charge in [0.05, 0.1) is 19.6 Å². The van der Waals surface area contributed by atoms with Gasteiger partial charge in [-0.25, -0.2) is 14.4 Å². The molecule has 2 N–H and O–H groups in total. The van der Waals surface area contributed by atoms with Crippen molar-refractivity contribution in [1.82, 2.24) is 20.0 Å². The van der Waals surface area contributed by atoms with Gasteiger partial charge in [-0.05, 0) is 62.3 Å². The summed E-state index contributed by atoms with van der Waals surface area (Å²) in [5.74, 6) is -2.36. The highest BCUT2D eigenvalue weighted by Gasteiger charge is 2.62. The first-order valence-corrected chi connectivity index (χ1v) is 16.4. The zero-order valence-corrected chi connectivity index (χ0v) is 26.9. The number of carbonyl (C=O) groups is 5. The highest BCUT2D eigenvalue weighted by Crippen LogP contribution is 2.48. The van der Waals surface area contributed by atoms with Gasteiger partial charge in [-0.1, -0.05) is 55.3 Å². The second-order valence-corrected chi connectivity index (χ2v) is 14.1. The van der Waals surface area contributed by atoms with Crippen LogP contribution in [0.3, 0.4) is 0 Å². The van der Waals surface area contributed by atoms with Crippen molar-refractivity contribution >= 4 is 53.2 Å². The van der Waals surface area contributed by atoms with E-state index >= 15 is 0 Å². The monoisotopic (exact) mass is 664 g/mol. The molecule has 4 heterocycles. The van der Waals surface area contributed by atoms with Crippen molar-refractivity contribution in [2.45, 2.75) is 114 Å². The van der Waals surface area contributed by atoms with E-state index in [1.165, 1.54) is 14.7 Å². The van der Waals surface area contributed by atoms with E-state index in [2.05, 4.69) is 5.32 Å². The molecule has 0 aromatic heterocycles. The molecule has 12 nitrogen and oxygen atoms in total. The molecule has 1 aromatic carbocycles. The number of amides is 4. The minimum Gasteiger partial charge on any atom is -0.479 e. The number of rotatable bonds is 3. The number of hydrogen-bond acceptors (Lipinski definition) is 7. The van der Waals surface area contributed by atoms with Crippen LogP contribution >= 0.6 is 23.2 Å². The van der Waals surface area contributed by atoms with Gasteiger partial charge in [0.2, 0.25) is 11.8 Å². The number of ether oxygens (including phenoxy) is 2. The van der Waals surface area contributed by atoms with E-state index in [4.69, 9.17) is 32.7 Å². The zero-order chi connectivity index (χ0) is 32.3. The first kappa shape index (κ1) is 31.7. The number of nitrogens with zero attached hydrogens (tertiary/aromatic N) is 3. The summed E-state index contributed by atoms with van der Waals surface area (Å²) in [6, 6.07) is 1.35. The average molecular weight is 666 g/mol. The second kappa shape index (κ2) is 11.8. The van der Waals surface area contributed by atoms with E-state index in [1.54, 1.807) is 26.0 Å². The summed E-state index contributed by atoms with van der Waals surface area (Å²) in [7, 11) is 0. The zero-order valence-electron chi connectivity index (χ0n) is 25.4. The van der Waals surface area contributed by atoms with E-state index in [1.807, 2.05) is 0 Å². The van der Waals surface area contributed by atoms with Gasteiger partial charge in [0.25, 0.3) is 0 Å². The fraction of sp³-hybridized carbons (Fsp3) is 0.645. The molecule has 4 aliphatic heterocycles. The maximum atomic E-state index is 14.3. The number of halogens is 2. The molecule has 3 saturated heterocycles. The Morgan fingerprint density at radius 3 is 2.20 bits per heavy atom. The van der Waals surface area contributed by atoms with Crippen molar-refractivity contribution in [2.24, 2.45) is 5.92 Å². The quantitative estimate of drug-likeness (QED) is 0.474. The van der Waals surface area contributed by atoms with Crippen LogP contribution in [-0.4, -0.2) is 85.8 Å². The van der Waals surface area contributed by atoms with Gasteiger partial charge in [-0.3, -0.25) is 19.4 Å².